The molecule has 8 heteroatoms. The molecule has 3 rings (SSSR count). The van der Waals surface area contributed by atoms with Gasteiger partial charge in [-0.05, 0) is 24.1 Å². The fraction of sp³-hybridized carbons (Fsp3) is 0.471. The summed E-state index contributed by atoms with van der Waals surface area (Å²) in [5.74, 6) is 0.465. The zero-order valence-electron chi connectivity index (χ0n) is 14.2. The number of nitrogens with zero attached hydrogens (tertiary/aromatic N) is 3. The van der Waals surface area contributed by atoms with Crippen LogP contribution in [-0.2, 0) is 10.5 Å². The highest BCUT2D eigenvalue weighted by Gasteiger charge is 2.48. The van der Waals surface area contributed by atoms with Crippen LogP contribution < -0.4 is 5.32 Å². The number of thioether (sulfide) groups is 1. The van der Waals surface area contributed by atoms with Crippen molar-refractivity contribution in [3.8, 4) is 0 Å². The number of imide groups is 1. The van der Waals surface area contributed by atoms with E-state index >= 15 is 0 Å². The lowest BCUT2D eigenvalue weighted by molar-refractivity contribution is -0.127. The van der Waals surface area contributed by atoms with Crippen LogP contribution >= 0.6 is 23.4 Å². The third-order valence-corrected chi connectivity index (χ3v) is 5.68. The average molecular weight is 381 g/mol. The molecule has 0 saturated carbocycles. The summed E-state index contributed by atoms with van der Waals surface area (Å²) in [5.41, 5.74) is 1.14. The van der Waals surface area contributed by atoms with E-state index in [2.05, 4.69) is 17.2 Å². The van der Waals surface area contributed by atoms with Crippen molar-refractivity contribution in [3.05, 3.63) is 34.9 Å². The molecular weight excluding hydrogens is 360 g/mol. The van der Waals surface area contributed by atoms with Crippen LogP contribution in [0.3, 0.4) is 0 Å². The molecule has 3 amide bonds. The smallest absolute Gasteiger partial charge is 0.325 e. The Morgan fingerprint density at radius 3 is 2.68 bits per heavy atom. The van der Waals surface area contributed by atoms with Crippen LogP contribution in [0.15, 0.2) is 29.3 Å². The van der Waals surface area contributed by atoms with Crippen LogP contribution in [0.4, 0.5) is 4.79 Å². The molecule has 2 unspecified atom stereocenters. The lowest BCUT2D eigenvalue weighted by atomic mass is 10.1. The predicted octanol–water partition coefficient (Wildman–Crippen LogP) is 2.92. The first-order valence-electron chi connectivity index (χ1n) is 8.30. The summed E-state index contributed by atoms with van der Waals surface area (Å²) < 4.78 is 0. The summed E-state index contributed by atoms with van der Waals surface area (Å²) in [5, 5.41) is 3.94. The second kappa shape index (κ2) is 7.66. The van der Waals surface area contributed by atoms with Gasteiger partial charge in [0.05, 0.1) is 0 Å². The van der Waals surface area contributed by atoms with E-state index < -0.39 is 18.2 Å². The summed E-state index contributed by atoms with van der Waals surface area (Å²) in [6.45, 7) is 2.86. The van der Waals surface area contributed by atoms with Crippen molar-refractivity contribution in [2.45, 2.75) is 37.7 Å². The van der Waals surface area contributed by atoms with Crippen molar-refractivity contribution in [1.29, 1.82) is 0 Å². The highest BCUT2D eigenvalue weighted by molar-refractivity contribution is 8.13. The van der Waals surface area contributed by atoms with E-state index in [1.54, 1.807) is 18.8 Å². The van der Waals surface area contributed by atoms with E-state index in [1.165, 1.54) is 4.90 Å². The number of carbonyl (C=O) groups is 2. The Morgan fingerprint density at radius 2 is 2.00 bits per heavy atom. The molecule has 0 bridgehead atoms. The molecule has 2 atom stereocenters. The number of amidine groups is 1. The van der Waals surface area contributed by atoms with Crippen LogP contribution in [0.2, 0.25) is 5.02 Å². The molecule has 2 heterocycles. The minimum absolute atomic E-state index is 0.268. The molecular formula is C17H21ClN4O2S. The molecule has 2 aliphatic heterocycles. The second-order valence-electron chi connectivity index (χ2n) is 6.14. The summed E-state index contributed by atoms with van der Waals surface area (Å²) in [6, 6.07) is 6.86. The van der Waals surface area contributed by atoms with Crippen molar-refractivity contribution >= 4 is 40.5 Å². The van der Waals surface area contributed by atoms with Gasteiger partial charge in [-0.1, -0.05) is 48.8 Å². The number of rotatable bonds is 5. The Hall–Kier alpha value is -1.73. The van der Waals surface area contributed by atoms with Gasteiger partial charge in [-0.25, -0.2) is 9.79 Å². The normalized spacial score (nSPS) is 22.8. The minimum Gasteiger partial charge on any atom is -0.336 e. The van der Waals surface area contributed by atoms with Crippen molar-refractivity contribution in [2.75, 3.05) is 13.6 Å². The van der Waals surface area contributed by atoms with E-state index in [4.69, 9.17) is 11.6 Å². The maximum atomic E-state index is 12.4. The van der Waals surface area contributed by atoms with Crippen LogP contribution in [-0.4, -0.2) is 52.7 Å². The number of likely N-dealkylation sites (N-methyl/N-ethyl adjacent to an activating group) is 1. The maximum absolute atomic E-state index is 12.4. The molecule has 134 valence electrons. The first-order valence-corrected chi connectivity index (χ1v) is 9.67. The molecule has 0 spiro atoms. The van der Waals surface area contributed by atoms with Crippen LogP contribution in [0, 0.1) is 0 Å². The van der Waals surface area contributed by atoms with Crippen molar-refractivity contribution < 1.29 is 9.59 Å². The van der Waals surface area contributed by atoms with E-state index in [0.29, 0.717) is 5.02 Å². The molecule has 0 radical (unpaired) electrons. The van der Waals surface area contributed by atoms with Gasteiger partial charge < -0.3 is 9.80 Å². The standard InChI is InChI=1S/C17H21ClN4O2S/c1-3-4-9-22-13-14(21(2)16(24)20-15(13)23)19-17(22)25-10-11-5-7-12(18)8-6-11/h5-8,13-14H,3-4,9-10H2,1-2H3,(H,20,23,24). The van der Waals surface area contributed by atoms with Gasteiger partial charge in [0.2, 0.25) is 0 Å². The lowest BCUT2D eigenvalue weighted by Gasteiger charge is -2.36. The molecule has 1 saturated heterocycles. The van der Waals surface area contributed by atoms with E-state index in [0.717, 1.165) is 35.9 Å². The molecule has 2 aliphatic rings. The molecule has 0 aromatic heterocycles. The fourth-order valence-electron chi connectivity index (χ4n) is 2.91. The SMILES string of the molecule is CCCCN1C(SCc2ccc(Cl)cc2)=NC2C1C(=O)NC(=O)N2C. The number of hydrogen-bond acceptors (Lipinski definition) is 5. The minimum atomic E-state index is -0.453. The van der Waals surface area contributed by atoms with Crippen molar-refractivity contribution in [1.82, 2.24) is 15.1 Å². The highest BCUT2D eigenvalue weighted by atomic mass is 35.5. The Morgan fingerprint density at radius 1 is 1.28 bits per heavy atom. The topological polar surface area (TPSA) is 65.0 Å². The van der Waals surface area contributed by atoms with Gasteiger partial charge in [-0.3, -0.25) is 10.1 Å². The monoisotopic (exact) mass is 380 g/mol. The van der Waals surface area contributed by atoms with Crippen LogP contribution in [0.25, 0.3) is 0 Å². The largest absolute Gasteiger partial charge is 0.336 e. The number of benzene rings is 1. The Bertz CT molecular complexity index is 694. The first-order chi connectivity index (χ1) is 12.0. The second-order valence-corrected chi connectivity index (χ2v) is 7.52. The van der Waals surface area contributed by atoms with Gasteiger partial charge in [-0.2, -0.15) is 0 Å². The summed E-state index contributed by atoms with van der Waals surface area (Å²) in [4.78, 5) is 32.5. The molecule has 1 aromatic carbocycles. The highest BCUT2D eigenvalue weighted by Crippen LogP contribution is 2.30. The molecule has 1 fully saturated rings. The third kappa shape index (κ3) is 3.77. The number of unbranched alkanes of at least 4 members (excludes halogenated alkanes) is 1. The zero-order chi connectivity index (χ0) is 18.0. The predicted molar refractivity (Wildman–Crippen MR) is 101 cm³/mol. The molecule has 6 nitrogen and oxygen atoms in total. The number of aliphatic imine (C=N–C) groups is 1. The van der Waals surface area contributed by atoms with Crippen LogP contribution in [0.5, 0.6) is 0 Å². The van der Waals surface area contributed by atoms with Gasteiger partial charge in [0.25, 0.3) is 5.91 Å². The molecule has 25 heavy (non-hydrogen) atoms. The van der Waals surface area contributed by atoms with Gasteiger partial charge >= 0.3 is 6.03 Å². The first kappa shape index (κ1) is 18.1. The van der Waals surface area contributed by atoms with Gasteiger partial charge in [-0.15, -0.1) is 0 Å². The number of halogens is 1. The Kier molecular flexibility index (Phi) is 5.54. The summed E-state index contributed by atoms with van der Waals surface area (Å²) >= 11 is 7.51. The molecule has 1 aromatic rings. The fourth-order valence-corrected chi connectivity index (χ4v) is 4.08. The number of fused-ring (bicyclic) bond motifs is 1. The quantitative estimate of drug-likeness (QED) is 0.853. The Balaban J connectivity index is 1.78. The van der Waals surface area contributed by atoms with E-state index in [9.17, 15) is 9.59 Å². The van der Waals surface area contributed by atoms with E-state index in [1.807, 2.05) is 29.2 Å². The van der Waals surface area contributed by atoms with Crippen LogP contribution in [0.1, 0.15) is 25.3 Å². The van der Waals surface area contributed by atoms with E-state index in [-0.39, 0.29) is 5.91 Å². The van der Waals surface area contributed by atoms with Gasteiger partial charge in [0.15, 0.2) is 17.4 Å². The number of nitrogens with one attached hydrogen (secondary N) is 1. The summed E-state index contributed by atoms with van der Waals surface area (Å²) in [7, 11) is 1.67. The number of urea groups is 1. The van der Waals surface area contributed by atoms with Gasteiger partial charge in [0, 0.05) is 24.4 Å². The Labute approximate surface area is 156 Å². The lowest BCUT2D eigenvalue weighted by Crippen LogP contribution is -2.63. The molecule has 0 aliphatic carbocycles. The van der Waals surface area contributed by atoms with Gasteiger partial charge in [0.1, 0.15) is 0 Å². The average Bonchev–Trinajstić information content (AvgIpc) is 2.96. The summed E-state index contributed by atoms with van der Waals surface area (Å²) in [6.07, 6.45) is 1.54. The van der Waals surface area contributed by atoms with Crippen molar-refractivity contribution in [3.63, 3.8) is 0 Å². The number of carbonyl (C=O) groups excluding carboxylic acids is 2. The number of amides is 3. The van der Waals surface area contributed by atoms with Crippen molar-refractivity contribution in [2.24, 2.45) is 4.99 Å². The third-order valence-electron chi connectivity index (χ3n) is 4.36. The zero-order valence-corrected chi connectivity index (χ0v) is 15.8. The number of hydrogen-bond donors (Lipinski definition) is 1. The molecule has 1 N–H and O–H groups in total. The maximum Gasteiger partial charge on any atom is 0.325 e.